The van der Waals surface area contributed by atoms with Crippen LogP contribution in [0.2, 0.25) is 0 Å². The van der Waals surface area contributed by atoms with Crippen LogP contribution in [-0.4, -0.2) is 38.0 Å². The predicted molar refractivity (Wildman–Crippen MR) is 112 cm³/mol. The quantitative estimate of drug-likeness (QED) is 0.541. The Hall–Kier alpha value is -4.14. The summed E-state index contributed by atoms with van der Waals surface area (Å²) in [5, 5.41) is 6.97. The van der Waals surface area contributed by atoms with Gasteiger partial charge in [0.1, 0.15) is 23.9 Å². The molecule has 1 saturated carbocycles. The molecule has 156 valence electrons. The summed E-state index contributed by atoms with van der Waals surface area (Å²) in [7, 11) is 0. The molecule has 0 spiro atoms. The number of nitrogens with one attached hydrogen (secondary N) is 1. The van der Waals surface area contributed by atoms with Gasteiger partial charge in [0.2, 0.25) is 11.7 Å². The highest BCUT2D eigenvalue weighted by Gasteiger charge is 2.32. The highest BCUT2D eigenvalue weighted by molar-refractivity contribution is 6.04. The summed E-state index contributed by atoms with van der Waals surface area (Å²) < 4.78 is 7.05. The molecule has 9 nitrogen and oxygen atoms in total. The third kappa shape index (κ3) is 3.85. The van der Waals surface area contributed by atoms with Crippen molar-refractivity contribution in [2.45, 2.75) is 25.7 Å². The second kappa shape index (κ2) is 8.31. The van der Waals surface area contributed by atoms with E-state index in [1.54, 1.807) is 16.8 Å². The van der Waals surface area contributed by atoms with E-state index in [-0.39, 0.29) is 17.6 Å². The summed E-state index contributed by atoms with van der Waals surface area (Å²) in [5.41, 5.74) is 3.44. The number of nitrogens with zero attached hydrogens (tertiary/aromatic N) is 4. The van der Waals surface area contributed by atoms with Crippen molar-refractivity contribution in [2.24, 2.45) is 0 Å². The van der Waals surface area contributed by atoms with Crippen molar-refractivity contribution in [1.82, 2.24) is 19.5 Å². The number of pyridine rings is 1. The van der Waals surface area contributed by atoms with Gasteiger partial charge in [-0.05, 0) is 30.7 Å². The van der Waals surface area contributed by atoms with Crippen molar-refractivity contribution in [1.29, 1.82) is 0 Å². The van der Waals surface area contributed by atoms with Crippen molar-refractivity contribution in [3.05, 3.63) is 65.9 Å². The molecule has 0 unspecified atom stereocenters. The summed E-state index contributed by atoms with van der Waals surface area (Å²) in [6.07, 6.45) is 4.26. The molecule has 1 aliphatic carbocycles. The maximum Gasteiger partial charge on any atom is 0.274 e. The van der Waals surface area contributed by atoms with E-state index in [0.717, 1.165) is 11.1 Å². The summed E-state index contributed by atoms with van der Waals surface area (Å²) >= 11 is 0. The van der Waals surface area contributed by atoms with E-state index < -0.39 is 0 Å². The normalized spacial score (nSPS) is 13.4. The molecule has 0 atom stereocenters. The Kier molecular flexibility index (Phi) is 5.40. The predicted octanol–water partition coefficient (Wildman–Crippen LogP) is 3.21. The van der Waals surface area contributed by atoms with E-state index >= 15 is 0 Å². The standard InChI is InChI=1S/C21H17N5O3.CH2O/c1-12-5-6-13(19-24-21(29-25-19)14-8-15(27)9-14)10-16(12)23-20(28)17-11-22-18-4-2-3-7-26(17)18;1-2/h2-7,10-11,14H,8-9H2,1H3,(H,23,28);1H2. The Labute approximate surface area is 177 Å². The van der Waals surface area contributed by atoms with Crippen LogP contribution in [0.3, 0.4) is 0 Å². The minimum absolute atomic E-state index is 0.0171. The van der Waals surface area contributed by atoms with Crippen LogP contribution in [0.15, 0.2) is 53.3 Å². The topological polar surface area (TPSA) is 119 Å². The molecule has 5 rings (SSSR count). The zero-order valence-electron chi connectivity index (χ0n) is 16.7. The first-order valence-electron chi connectivity index (χ1n) is 9.57. The number of anilines is 1. The second-order valence-corrected chi connectivity index (χ2v) is 7.16. The van der Waals surface area contributed by atoms with Crippen molar-refractivity contribution in [3.8, 4) is 11.4 Å². The van der Waals surface area contributed by atoms with Crippen LogP contribution in [0.5, 0.6) is 0 Å². The first kappa shape index (κ1) is 20.1. The van der Waals surface area contributed by atoms with Gasteiger partial charge in [-0.2, -0.15) is 4.98 Å². The smallest absolute Gasteiger partial charge is 0.274 e. The molecule has 31 heavy (non-hydrogen) atoms. The zero-order valence-corrected chi connectivity index (χ0v) is 16.7. The Bertz CT molecular complexity index is 1270. The first-order valence-corrected chi connectivity index (χ1v) is 9.57. The largest absolute Gasteiger partial charge is 0.339 e. The first-order chi connectivity index (χ1) is 15.1. The molecule has 9 heteroatoms. The number of carbonyl (C=O) groups is 3. The number of imidazole rings is 1. The van der Waals surface area contributed by atoms with Gasteiger partial charge in [0.15, 0.2) is 0 Å². The van der Waals surface area contributed by atoms with Crippen LogP contribution >= 0.6 is 0 Å². The van der Waals surface area contributed by atoms with E-state index in [4.69, 9.17) is 9.32 Å². The van der Waals surface area contributed by atoms with Gasteiger partial charge in [0.25, 0.3) is 5.91 Å². The zero-order chi connectivity index (χ0) is 22.0. The van der Waals surface area contributed by atoms with E-state index in [9.17, 15) is 9.59 Å². The number of aryl methyl sites for hydroxylation is 1. The van der Waals surface area contributed by atoms with Crippen LogP contribution in [0.4, 0.5) is 5.69 Å². The summed E-state index contributed by atoms with van der Waals surface area (Å²) in [6, 6.07) is 11.1. The van der Waals surface area contributed by atoms with Crippen LogP contribution in [0, 0.1) is 6.92 Å². The van der Waals surface area contributed by atoms with Gasteiger partial charge in [0, 0.05) is 30.3 Å². The van der Waals surface area contributed by atoms with E-state index in [2.05, 4.69) is 20.4 Å². The van der Waals surface area contributed by atoms with Crippen molar-refractivity contribution < 1.29 is 18.9 Å². The van der Waals surface area contributed by atoms with Gasteiger partial charge in [-0.15, -0.1) is 0 Å². The minimum atomic E-state index is -0.259. The number of benzene rings is 1. The number of carbonyl (C=O) groups excluding carboxylic acids is 3. The third-order valence-electron chi connectivity index (χ3n) is 5.13. The third-order valence-corrected chi connectivity index (χ3v) is 5.13. The molecule has 1 N–H and O–H groups in total. The molecule has 0 saturated heterocycles. The highest BCUT2D eigenvalue weighted by Crippen LogP contribution is 2.34. The van der Waals surface area contributed by atoms with Gasteiger partial charge in [0.05, 0.1) is 12.1 Å². The van der Waals surface area contributed by atoms with Crippen molar-refractivity contribution in [2.75, 3.05) is 5.32 Å². The Morgan fingerprint density at radius 3 is 2.81 bits per heavy atom. The molecule has 0 bridgehead atoms. The van der Waals surface area contributed by atoms with Crippen molar-refractivity contribution >= 4 is 29.8 Å². The van der Waals surface area contributed by atoms with Crippen LogP contribution in [0.25, 0.3) is 17.0 Å². The van der Waals surface area contributed by atoms with Gasteiger partial charge >= 0.3 is 0 Å². The van der Waals surface area contributed by atoms with E-state index in [0.29, 0.717) is 41.6 Å². The molecule has 4 aromatic rings. The van der Waals surface area contributed by atoms with Crippen molar-refractivity contribution in [3.63, 3.8) is 0 Å². The second-order valence-electron chi connectivity index (χ2n) is 7.16. The number of fused-ring (bicyclic) bond motifs is 1. The lowest BCUT2D eigenvalue weighted by Gasteiger charge is -2.19. The molecule has 1 fully saturated rings. The lowest BCUT2D eigenvalue weighted by atomic mass is 9.84. The molecule has 1 aromatic carbocycles. The average molecular weight is 417 g/mol. The Morgan fingerprint density at radius 1 is 1.23 bits per heavy atom. The lowest BCUT2D eigenvalue weighted by molar-refractivity contribution is -0.125. The van der Waals surface area contributed by atoms with Gasteiger partial charge < -0.3 is 14.6 Å². The number of aromatic nitrogens is 4. The van der Waals surface area contributed by atoms with Crippen LogP contribution in [0.1, 0.15) is 40.7 Å². The maximum atomic E-state index is 12.8. The lowest BCUT2D eigenvalue weighted by Crippen LogP contribution is -2.21. The molecular formula is C22H19N5O4. The highest BCUT2D eigenvalue weighted by atomic mass is 16.5. The average Bonchev–Trinajstić information content (AvgIpc) is 3.42. The number of rotatable bonds is 4. The van der Waals surface area contributed by atoms with Gasteiger partial charge in [-0.1, -0.05) is 23.4 Å². The molecule has 0 aliphatic heterocycles. The SMILES string of the molecule is C=O.Cc1ccc(-c2noc(C3CC(=O)C3)n2)cc1NC(=O)c1cnc2ccccn12. The molecule has 1 aliphatic rings. The van der Waals surface area contributed by atoms with Gasteiger partial charge in [-0.25, -0.2) is 4.98 Å². The summed E-state index contributed by atoms with van der Waals surface area (Å²) in [6.45, 7) is 3.91. The number of hydrogen-bond donors (Lipinski definition) is 1. The van der Waals surface area contributed by atoms with E-state index in [1.165, 1.54) is 0 Å². The Morgan fingerprint density at radius 2 is 2.03 bits per heavy atom. The monoisotopic (exact) mass is 417 g/mol. The summed E-state index contributed by atoms with van der Waals surface area (Å²) in [4.78, 5) is 40.7. The number of ketones is 1. The number of hydrogen-bond acceptors (Lipinski definition) is 7. The molecular weight excluding hydrogens is 398 g/mol. The Balaban J connectivity index is 0.00000112. The molecule has 1 amide bonds. The number of amides is 1. The van der Waals surface area contributed by atoms with Crippen LogP contribution < -0.4 is 5.32 Å². The fraction of sp³-hybridized carbons (Fsp3) is 0.182. The van der Waals surface area contributed by atoms with Gasteiger partial charge in [-0.3, -0.25) is 14.0 Å². The number of Topliss-reactive ketones (excluding diaryl/α,β-unsaturated/α-hetero) is 1. The fourth-order valence-electron chi connectivity index (χ4n) is 3.37. The molecule has 0 radical (unpaired) electrons. The molecule has 3 aromatic heterocycles. The fourth-order valence-corrected chi connectivity index (χ4v) is 3.37. The van der Waals surface area contributed by atoms with Crippen LogP contribution in [-0.2, 0) is 9.59 Å². The van der Waals surface area contributed by atoms with E-state index in [1.807, 2.05) is 50.1 Å². The summed E-state index contributed by atoms with van der Waals surface area (Å²) in [5.74, 6) is 0.887. The minimum Gasteiger partial charge on any atom is -0.339 e. The maximum absolute atomic E-state index is 12.8. The molecule has 3 heterocycles.